The molecule has 7 heteroatoms. The zero-order valence-corrected chi connectivity index (χ0v) is 16.1. The Balaban J connectivity index is 1.81. The maximum atomic E-state index is 12.8. The zero-order chi connectivity index (χ0) is 18.5. The predicted molar refractivity (Wildman–Crippen MR) is 104 cm³/mol. The van der Waals surface area contributed by atoms with Crippen molar-refractivity contribution in [1.82, 2.24) is 14.5 Å². The number of hydrogen-bond donors (Lipinski definition) is 0. The van der Waals surface area contributed by atoms with E-state index >= 15 is 0 Å². The number of hydrogen-bond acceptors (Lipinski definition) is 5. The largest absolute Gasteiger partial charge is 0.383 e. The maximum absolute atomic E-state index is 12.8. The predicted octanol–water partition coefficient (Wildman–Crippen LogP) is 2.39. The lowest BCUT2D eigenvalue weighted by Gasteiger charge is -2.30. The number of carbonyl (C=O) groups excluding carboxylic acids is 1. The van der Waals surface area contributed by atoms with Gasteiger partial charge >= 0.3 is 0 Å². The number of piperidine rings is 1. The molecule has 1 aliphatic heterocycles. The highest BCUT2D eigenvalue weighted by Gasteiger charge is 2.21. The molecule has 1 aromatic heterocycles. The minimum Gasteiger partial charge on any atom is -0.383 e. The molecule has 26 heavy (non-hydrogen) atoms. The number of carbonyl (C=O) groups is 1. The minimum atomic E-state index is -0.0887. The molecule has 0 N–H and O–H groups in total. The van der Waals surface area contributed by atoms with E-state index in [0.717, 1.165) is 19.5 Å². The van der Waals surface area contributed by atoms with E-state index in [1.807, 2.05) is 23.1 Å². The Morgan fingerprint density at radius 3 is 2.96 bits per heavy atom. The molecule has 1 atom stereocenters. The van der Waals surface area contributed by atoms with Gasteiger partial charge in [-0.3, -0.25) is 14.2 Å². The summed E-state index contributed by atoms with van der Waals surface area (Å²) in [7, 11) is 1.60. The number of methoxy groups -OCH3 is 1. The fraction of sp³-hybridized carbons (Fsp3) is 0.526. The summed E-state index contributed by atoms with van der Waals surface area (Å²) in [6, 6.07) is 7.31. The minimum absolute atomic E-state index is 0.0887. The molecule has 1 fully saturated rings. The summed E-state index contributed by atoms with van der Waals surface area (Å²) in [4.78, 5) is 31.9. The van der Waals surface area contributed by atoms with Gasteiger partial charge < -0.3 is 9.64 Å². The molecular weight excluding hydrogens is 350 g/mol. The highest BCUT2D eigenvalue weighted by molar-refractivity contribution is 7.99. The molecule has 1 aliphatic rings. The van der Waals surface area contributed by atoms with Crippen molar-refractivity contribution in [3.05, 3.63) is 34.6 Å². The summed E-state index contributed by atoms with van der Waals surface area (Å²) in [5.74, 6) is 0.962. The number of fused-ring (bicyclic) bond motifs is 1. The van der Waals surface area contributed by atoms with E-state index in [0.29, 0.717) is 40.9 Å². The van der Waals surface area contributed by atoms with Gasteiger partial charge in [-0.15, -0.1) is 0 Å². The van der Waals surface area contributed by atoms with Crippen molar-refractivity contribution in [3.63, 3.8) is 0 Å². The lowest BCUT2D eigenvalue weighted by molar-refractivity contribution is -0.130. The summed E-state index contributed by atoms with van der Waals surface area (Å²) in [6.45, 7) is 4.67. The Kier molecular flexibility index (Phi) is 6.32. The van der Waals surface area contributed by atoms with E-state index < -0.39 is 0 Å². The van der Waals surface area contributed by atoms with E-state index in [1.165, 1.54) is 18.2 Å². The third-order valence-corrected chi connectivity index (χ3v) is 5.64. The van der Waals surface area contributed by atoms with Crippen LogP contribution in [0.3, 0.4) is 0 Å². The van der Waals surface area contributed by atoms with E-state index in [1.54, 1.807) is 17.7 Å². The molecule has 0 bridgehead atoms. The molecule has 1 amide bonds. The summed E-state index contributed by atoms with van der Waals surface area (Å²) < 4.78 is 6.74. The third-order valence-electron chi connectivity index (χ3n) is 4.68. The average Bonchev–Trinajstić information content (AvgIpc) is 2.65. The van der Waals surface area contributed by atoms with E-state index in [4.69, 9.17) is 4.74 Å². The number of nitrogens with zero attached hydrogens (tertiary/aromatic N) is 3. The number of aromatic nitrogens is 2. The number of ether oxygens (including phenoxy) is 1. The lowest BCUT2D eigenvalue weighted by atomic mass is 10.0. The lowest BCUT2D eigenvalue weighted by Crippen LogP contribution is -2.40. The summed E-state index contributed by atoms with van der Waals surface area (Å²) in [5.41, 5.74) is 0.571. The van der Waals surface area contributed by atoms with Crippen LogP contribution in [0.2, 0.25) is 0 Å². The molecule has 0 spiro atoms. The second kappa shape index (κ2) is 8.68. The number of amides is 1. The van der Waals surface area contributed by atoms with Gasteiger partial charge in [0.1, 0.15) is 0 Å². The fourth-order valence-electron chi connectivity index (χ4n) is 3.27. The van der Waals surface area contributed by atoms with Crippen LogP contribution in [-0.2, 0) is 16.1 Å². The molecule has 140 valence electrons. The molecule has 2 heterocycles. The van der Waals surface area contributed by atoms with Crippen LogP contribution < -0.4 is 5.56 Å². The first-order chi connectivity index (χ1) is 12.6. The van der Waals surface area contributed by atoms with Crippen molar-refractivity contribution < 1.29 is 9.53 Å². The first-order valence-electron chi connectivity index (χ1n) is 8.99. The van der Waals surface area contributed by atoms with E-state index in [9.17, 15) is 9.59 Å². The van der Waals surface area contributed by atoms with Gasteiger partial charge in [-0.25, -0.2) is 4.98 Å². The van der Waals surface area contributed by atoms with Gasteiger partial charge in [0.25, 0.3) is 5.56 Å². The van der Waals surface area contributed by atoms with Crippen molar-refractivity contribution in [2.24, 2.45) is 5.92 Å². The normalized spacial score (nSPS) is 17.6. The monoisotopic (exact) mass is 375 g/mol. The van der Waals surface area contributed by atoms with Crippen LogP contribution in [0.15, 0.2) is 34.2 Å². The van der Waals surface area contributed by atoms with Crippen LogP contribution in [-0.4, -0.2) is 52.9 Å². The van der Waals surface area contributed by atoms with Gasteiger partial charge in [-0.05, 0) is 30.9 Å². The molecule has 0 radical (unpaired) electrons. The van der Waals surface area contributed by atoms with Crippen molar-refractivity contribution in [2.45, 2.75) is 31.5 Å². The molecule has 0 saturated carbocycles. The van der Waals surface area contributed by atoms with Gasteiger partial charge in [0.15, 0.2) is 5.16 Å². The highest BCUT2D eigenvalue weighted by Crippen LogP contribution is 2.21. The summed E-state index contributed by atoms with van der Waals surface area (Å²) in [6.07, 6.45) is 2.24. The summed E-state index contributed by atoms with van der Waals surface area (Å²) >= 11 is 1.33. The number of rotatable bonds is 6. The van der Waals surface area contributed by atoms with Crippen LogP contribution in [0.25, 0.3) is 10.9 Å². The molecule has 0 aliphatic carbocycles. The Morgan fingerprint density at radius 1 is 1.38 bits per heavy atom. The third kappa shape index (κ3) is 4.27. The van der Waals surface area contributed by atoms with Gasteiger partial charge in [0.2, 0.25) is 5.91 Å². The standard InChI is InChI=1S/C19H25N3O3S/c1-14-6-5-9-21(12-14)17(23)13-26-19-20-16-8-4-3-7-15(16)18(24)22(19)10-11-25-2/h3-4,7-8,14H,5-6,9-13H2,1-2H3/t14-/m1/s1. The molecular formula is C19H25N3O3S. The van der Waals surface area contributed by atoms with Crippen LogP contribution in [0.5, 0.6) is 0 Å². The zero-order valence-electron chi connectivity index (χ0n) is 15.3. The van der Waals surface area contributed by atoms with Crippen LogP contribution in [0, 0.1) is 5.92 Å². The summed E-state index contributed by atoms with van der Waals surface area (Å²) in [5, 5.41) is 1.16. The number of benzene rings is 1. The smallest absolute Gasteiger partial charge is 0.262 e. The van der Waals surface area contributed by atoms with E-state index in [-0.39, 0.29) is 11.5 Å². The van der Waals surface area contributed by atoms with Crippen molar-refractivity contribution in [2.75, 3.05) is 32.6 Å². The quantitative estimate of drug-likeness (QED) is 0.573. The molecule has 2 aromatic rings. The first kappa shape index (κ1) is 18.9. The molecule has 3 rings (SSSR count). The number of para-hydroxylation sites is 1. The van der Waals surface area contributed by atoms with Crippen LogP contribution in [0.1, 0.15) is 19.8 Å². The highest BCUT2D eigenvalue weighted by atomic mass is 32.2. The van der Waals surface area contributed by atoms with Crippen LogP contribution >= 0.6 is 11.8 Å². The van der Waals surface area contributed by atoms with E-state index in [2.05, 4.69) is 11.9 Å². The van der Waals surface area contributed by atoms with Gasteiger partial charge in [0, 0.05) is 20.2 Å². The second-order valence-electron chi connectivity index (χ2n) is 6.74. The second-order valence-corrected chi connectivity index (χ2v) is 7.68. The van der Waals surface area contributed by atoms with Gasteiger partial charge in [-0.2, -0.15) is 0 Å². The Labute approximate surface area is 157 Å². The van der Waals surface area contributed by atoms with Gasteiger partial charge in [-0.1, -0.05) is 30.8 Å². The Bertz CT molecular complexity index is 836. The Hall–Kier alpha value is -1.86. The Morgan fingerprint density at radius 2 is 2.19 bits per heavy atom. The first-order valence-corrected chi connectivity index (χ1v) is 9.98. The fourth-order valence-corrected chi connectivity index (χ4v) is 4.20. The molecule has 1 saturated heterocycles. The van der Waals surface area contributed by atoms with Crippen molar-refractivity contribution in [1.29, 1.82) is 0 Å². The topological polar surface area (TPSA) is 64.4 Å². The molecule has 6 nitrogen and oxygen atoms in total. The number of likely N-dealkylation sites (tertiary alicyclic amines) is 1. The van der Waals surface area contributed by atoms with Crippen molar-refractivity contribution in [3.8, 4) is 0 Å². The average molecular weight is 375 g/mol. The number of thioether (sulfide) groups is 1. The van der Waals surface area contributed by atoms with Gasteiger partial charge in [0.05, 0.1) is 29.8 Å². The molecule has 1 aromatic carbocycles. The van der Waals surface area contributed by atoms with Crippen molar-refractivity contribution >= 4 is 28.6 Å². The molecule has 0 unspecified atom stereocenters. The SMILES string of the molecule is COCCn1c(SCC(=O)N2CCC[C@@H](C)C2)nc2ccccc2c1=O. The maximum Gasteiger partial charge on any atom is 0.262 e. The van der Waals surface area contributed by atoms with Crippen LogP contribution in [0.4, 0.5) is 0 Å².